The highest BCUT2D eigenvalue weighted by molar-refractivity contribution is 7.45. The summed E-state index contributed by atoms with van der Waals surface area (Å²) in [5.74, 6) is -0.521. The quantitative estimate of drug-likeness (QED) is 0.216. The van der Waals surface area contributed by atoms with Crippen molar-refractivity contribution in [3.05, 3.63) is 83.9 Å². The number of likely N-dealkylation sites (N-methyl/N-ethyl adjacent to an activating group) is 1. The van der Waals surface area contributed by atoms with Crippen molar-refractivity contribution in [2.24, 2.45) is 11.3 Å². The summed E-state index contributed by atoms with van der Waals surface area (Å²) in [6, 6.07) is 19.8. The lowest BCUT2D eigenvalue weighted by molar-refractivity contribution is -0.870. The van der Waals surface area contributed by atoms with E-state index in [9.17, 15) is 19.4 Å². The average Bonchev–Trinajstić information content (AvgIpc) is 3.36. The monoisotopic (exact) mass is 553 g/mol. The number of fused-ring (bicyclic) bond motifs is 1. The molecule has 0 aliphatic heterocycles. The summed E-state index contributed by atoms with van der Waals surface area (Å²) in [6.45, 7) is 5.10. The Morgan fingerprint density at radius 2 is 1.67 bits per heavy atom. The molecule has 7 nitrogen and oxygen atoms in total. The fraction of sp³-hybridized carbons (Fsp3) is 0.452. The number of unbranched alkanes of at least 4 members (excludes halogenated alkanes) is 1. The lowest BCUT2D eigenvalue weighted by Gasteiger charge is -2.35. The standard InChI is InChI=1S/C31H40NO6P/c1-23(24-13-7-5-8-14-24)31-19-18-27(33)29(31)30(34)26(28(31)25-15-9-6-10-16-25)17-11-12-21-37-39(35,36)38-22-20-32(2,3)4/h5-10,13-16,29-30,34H,1,11-12,17-22H2,2-4H3. The number of phosphoric acid groups is 1. The number of phosphoric ester groups is 1. The van der Waals surface area contributed by atoms with E-state index < -0.39 is 25.3 Å². The van der Waals surface area contributed by atoms with Crippen molar-refractivity contribution in [1.29, 1.82) is 0 Å². The smallest absolute Gasteiger partial charge is 0.268 e. The van der Waals surface area contributed by atoms with E-state index in [0.717, 1.165) is 27.8 Å². The molecule has 2 aliphatic rings. The van der Waals surface area contributed by atoms with Crippen LogP contribution in [-0.4, -0.2) is 62.4 Å². The molecule has 39 heavy (non-hydrogen) atoms. The highest BCUT2D eigenvalue weighted by Crippen LogP contribution is 2.65. The van der Waals surface area contributed by atoms with E-state index in [4.69, 9.17) is 9.05 Å². The Kier molecular flexibility index (Phi) is 9.12. The zero-order valence-corrected chi connectivity index (χ0v) is 24.1. The number of carbonyl (C=O) groups is 1. The summed E-state index contributed by atoms with van der Waals surface area (Å²) in [7, 11) is 1.49. The van der Waals surface area contributed by atoms with E-state index >= 15 is 0 Å². The second kappa shape index (κ2) is 12.0. The van der Waals surface area contributed by atoms with Gasteiger partial charge in [0.15, 0.2) is 0 Å². The molecule has 0 bridgehead atoms. The van der Waals surface area contributed by atoms with Crippen LogP contribution in [0.15, 0.2) is 72.8 Å². The Morgan fingerprint density at radius 1 is 1.05 bits per heavy atom. The Balaban J connectivity index is 1.54. The van der Waals surface area contributed by atoms with Gasteiger partial charge in [0.05, 0.1) is 39.8 Å². The van der Waals surface area contributed by atoms with Crippen molar-refractivity contribution in [1.82, 2.24) is 0 Å². The minimum atomic E-state index is -4.38. The number of rotatable bonds is 13. The molecule has 0 spiro atoms. The summed E-state index contributed by atoms with van der Waals surface area (Å²) in [5, 5.41) is 11.6. The van der Waals surface area contributed by atoms with Crippen LogP contribution < -0.4 is 4.89 Å². The molecule has 1 N–H and O–H groups in total. The third-order valence-corrected chi connectivity index (χ3v) is 8.91. The maximum Gasteiger partial charge on any atom is 0.268 e. The molecule has 0 heterocycles. The van der Waals surface area contributed by atoms with Gasteiger partial charge in [-0.05, 0) is 53.5 Å². The lowest BCUT2D eigenvalue weighted by atomic mass is 9.66. The number of quaternary nitrogens is 1. The number of benzene rings is 2. The summed E-state index contributed by atoms with van der Waals surface area (Å²) in [6.07, 6.45) is 1.67. The lowest BCUT2D eigenvalue weighted by Crippen LogP contribution is -2.37. The fourth-order valence-corrected chi connectivity index (χ4v) is 6.77. The normalized spacial score (nSPS) is 24.6. The largest absolute Gasteiger partial charge is 0.756 e. The van der Waals surface area contributed by atoms with E-state index in [2.05, 4.69) is 6.58 Å². The first-order valence-corrected chi connectivity index (χ1v) is 15.1. The van der Waals surface area contributed by atoms with Gasteiger partial charge in [-0.2, -0.15) is 0 Å². The molecule has 0 saturated heterocycles. The molecule has 0 radical (unpaired) electrons. The van der Waals surface area contributed by atoms with E-state index in [0.29, 0.717) is 43.1 Å². The number of ketones is 1. The predicted molar refractivity (Wildman–Crippen MR) is 151 cm³/mol. The Morgan fingerprint density at radius 3 is 2.31 bits per heavy atom. The van der Waals surface area contributed by atoms with Gasteiger partial charge in [0, 0.05) is 11.8 Å². The number of hydrogen-bond donors (Lipinski definition) is 1. The van der Waals surface area contributed by atoms with Crippen LogP contribution in [0, 0.1) is 11.3 Å². The number of hydrogen-bond acceptors (Lipinski definition) is 6. The van der Waals surface area contributed by atoms with Crippen molar-refractivity contribution < 1.29 is 32.9 Å². The number of allylic oxidation sites excluding steroid dienone is 2. The van der Waals surface area contributed by atoms with Gasteiger partial charge in [0.2, 0.25) is 0 Å². The van der Waals surface area contributed by atoms with Crippen LogP contribution in [0.2, 0.25) is 0 Å². The molecule has 1 fully saturated rings. The summed E-state index contributed by atoms with van der Waals surface area (Å²) in [4.78, 5) is 25.4. The Hall–Kier alpha value is -2.38. The highest BCUT2D eigenvalue weighted by Gasteiger charge is 2.60. The SMILES string of the molecule is C=C(c1ccccc1)C12CCC(=O)C1C(O)C(CCCCOP(=O)([O-])OCC[N+](C)(C)C)=C2c1ccccc1. The number of aliphatic hydroxyl groups excluding tert-OH is 1. The number of nitrogens with zero attached hydrogens (tertiary/aromatic N) is 1. The van der Waals surface area contributed by atoms with Crippen molar-refractivity contribution in [2.45, 2.75) is 38.2 Å². The molecule has 1 saturated carbocycles. The van der Waals surface area contributed by atoms with Gasteiger partial charge in [0.1, 0.15) is 18.9 Å². The number of aliphatic hydroxyl groups is 1. The first-order valence-electron chi connectivity index (χ1n) is 13.6. The Bertz CT molecular complexity index is 1250. The van der Waals surface area contributed by atoms with E-state index in [-0.39, 0.29) is 19.0 Å². The molecular weight excluding hydrogens is 513 g/mol. The van der Waals surface area contributed by atoms with Gasteiger partial charge in [-0.1, -0.05) is 67.2 Å². The molecule has 4 unspecified atom stereocenters. The summed E-state index contributed by atoms with van der Waals surface area (Å²) in [5.41, 5.74) is 3.93. The molecule has 2 aromatic carbocycles. The minimum Gasteiger partial charge on any atom is -0.756 e. The van der Waals surface area contributed by atoms with Gasteiger partial charge in [-0.25, -0.2) is 0 Å². The van der Waals surface area contributed by atoms with Crippen molar-refractivity contribution in [3.8, 4) is 0 Å². The van der Waals surface area contributed by atoms with Crippen LogP contribution in [0.1, 0.15) is 43.2 Å². The van der Waals surface area contributed by atoms with Crippen molar-refractivity contribution in [3.63, 3.8) is 0 Å². The second-order valence-electron chi connectivity index (χ2n) is 11.6. The van der Waals surface area contributed by atoms with Gasteiger partial charge in [-0.3, -0.25) is 9.36 Å². The molecule has 4 rings (SSSR count). The topological polar surface area (TPSA) is 95.9 Å². The number of carbonyl (C=O) groups excluding carboxylic acids is 1. The third kappa shape index (κ3) is 6.51. The van der Waals surface area contributed by atoms with Gasteiger partial charge >= 0.3 is 0 Å². The molecule has 2 aliphatic carbocycles. The molecule has 2 aromatic rings. The maximum atomic E-state index is 13.2. The van der Waals surface area contributed by atoms with Gasteiger partial charge in [-0.15, -0.1) is 0 Å². The summed E-state index contributed by atoms with van der Waals surface area (Å²) >= 11 is 0. The number of Topliss-reactive ketones (excluding diaryl/α,β-unsaturated/α-hetero) is 1. The van der Waals surface area contributed by atoms with Crippen LogP contribution in [0.5, 0.6) is 0 Å². The van der Waals surface area contributed by atoms with Crippen molar-refractivity contribution in [2.75, 3.05) is 40.9 Å². The van der Waals surface area contributed by atoms with Gasteiger partial charge in [0.25, 0.3) is 7.82 Å². The highest BCUT2D eigenvalue weighted by atomic mass is 31.2. The van der Waals surface area contributed by atoms with Crippen LogP contribution in [0.4, 0.5) is 0 Å². The molecule has 0 amide bonds. The van der Waals surface area contributed by atoms with Crippen LogP contribution in [0.25, 0.3) is 11.1 Å². The molecule has 4 atom stereocenters. The molecule has 8 heteroatoms. The average molecular weight is 554 g/mol. The zero-order valence-electron chi connectivity index (χ0n) is 23.2. The Labute approximate surface area is 232 Å². The van der Waals surface area contributed by atoms with E-state index in [1.54, 1.807) is 0 Å². The molecule has 0 aromatic heterocycles. The molecular formula is C31H40NO6P. The summed E-state index contributed by atoms with van der Waals surface area (Å²) < 4.78 is 22.8. The van der Waals surface area contributed by atoms with Gasteiger partial charge < -0.3 is 23.5 Å². The van der Waals surface area contributed by atoms with Crippen LogP contribution in [0.3, 0.4) is 0 Å². The first kappa shape index (κ1) is 29.6. The van der Waals surface area contributed by atoms with Crippen LogP contribution >= 0.6 is 7.82 Å². The van der Waals surface area contributed by atoms with Crippen molar-refractivity contribution >= 4 is 24.8 Å². The second-order valence-corrected chi connectivity index (χ2v) is 13.0. The fourth-order valence-electron chi connectivity index (χ4n) is 6.03. The molecule has 210 valence electrons. The van der Waals surface area contributed by atoms with E-state index in [1.165, 1.54) is 0 Å². The first-order chi connectivity index (χ1) is 18.5. The van der Waals surface area contributed by atoms with E-state index in [1.807, 2.05) is 81.8 Å². The van der Waals surface area contributed by atoms with Crippen LogP contribution in [-0.2, 0) is 18.4 Å². The zero-order chi connectivity index (χ0) is 28.3. The maximum absolute atomic E-state index is 13.2. The minimum absolute atomic E-state index is 0.000571. The predicted octanol–water partition coefficient (Wildman–Crippen LogP) is 4.87. The third-order valence-electron chi connectivity index (χ3n) is 7.91.